The topological polar surface area (TPSA) is 86.8 Å². The predicted molar refractivity (Wildman–Crippen MR) is 156 cm³/mol. The number of carbonyl (C=O) groups excluding carboxylic acids is 2. The summed E-state index contributed by atoms with van der Waals surface area (Å²) in [7, 11) is -4.18. The summed E-state index contributed by atoms with van der Waals surface area (Å²) < 4.78 is 28.6. The smallest absolute Gasteiger partial charge is 0.264 e. The van der Waals surface area contributed by atoms with E-state index in [0.717, 1.165) is 17.1 Å². The molecular weight excluding hydrogens is 557 g/mol. The number of nitrogens with one attached hydrogen (secondary N) is 1. The van der Waals surface area contributed by atoms with Gasteiger partial charge in [0, 0.05) is 18.1 Å². The lowest BCUT2D eigenvalue weighted by molar-refractivity contribution is -0.140. The third kappa shape index (κ3) is 7.75. The van der Waals surface area contributed by atoms with E-state index in [9.17, 15) is 18.0 Å². The Hall–Kier alpha value is -3.07. The molecule has 2 amide bonds. The average Bonchev–Trinajstić information content (AvgIpc) is 2.93. The summed E-state index contributed by atoms with van der Waals surface area (Å²) in [4.78, 5) is 28.6. The summed E-state index contributed by atoms with van der Waals surface area (Å²) in [6.45, 7) is 3.77. The first-order valence-corrected chi connectivity index (χ1v) is 15.0. The van der Waals surface area contributed by atoms with E-state index in [0.29, 0.717) is 23.6 Å². The minimum atomic E-state index is -4.18. The lowest BCUT2D eigenvalue weighted by Crippen LogP contribution is -2.52. The van der Waals surface area contributed by atoms with Crippen molar-refractivity contribution in [3.63, 3.8) is 0 Å². The number of rotatable bonds is 13. The maximum Gasteiger partial charge on any atom is 0.264 e. The third-order valence-electron chi connectivity index (χ3n) is 6.25. The monoisotopic (exact) mass is 589 g/mol. The van der Waals surface area contributed by atoms with Gasteiger partial charge in [-0.05, 0) is 48.7 Å². The van der Waals surface area contributed by atoms with Crippen LogP contribution in [0.3, 0.4) is 0 Å². The van der Waals surface area contributed by atoms with Crippen LogP contribution in [-0.4, -0.2) is 44.3 Å². The van der Waals surface area contributed by atoms with Crippen LogP contribution in [0.2, 0.25) is 10.0 Å². The van der Waals surface area contributed by atoms with E-state index >= 15 is 0 Å². The summed E-state index contributed by atoms with van der Waals surface area (Å²) in [5.74, 6) is -0.867. The fraction of sp³-hybridized carbons (Fsp3) is 0.310. The van der Waals surface area contributed by atoms with E-state index in [4.69, 9.17) is 23.2 Å². The molecule has 0 radical (unpaired) electrons. The number of amides is 2. The molecule has 1 atom stereocenters. The maximum atomic E-state index is 14.0. The van der Waals surface area contributed by atoms with Gasteiger partial charge in [0.15, 0.2) is 0 Å². The second-order valence-electron chi connectivity index (χ2n) is 8.96. The Morgan fingerprint density at radius 2 is 1.49 bits per heavy atom. The number of benzene rings is 3. The summed E-state index contributed by atoms with van der Waals surface area (Å²) in [6.07, 6.45) is 2.03. The largest absolute Gasteiger partial charge is 0.354 e. The molecule has 7 nitrogen and oxygen atoms in total. The second-order valence-corrected chi connectivity index (χ2v) is 11.6. The van der Waals surface area contributed by atoms with E-state index in [-0.39, 0.29) is 28.1 Å². The van der Waals surface area contributed by atoms with Crippen LogP contribution in [0.5, 0.6) is 0 Å². The van der Waals surface area contributed by atoms with Crippen LogP contribution in [0.25, 0.3) is 0 Å². The normalized spacial score (nSPS) is 12.0. The molecular formula is C29H33Cl2N3O4S. The van der Waals surface area contributed by atoms with Crippen molar-refractivity contribution < 1.29 is 18.0 Å². The molecule has 10 heteroatoms. The van der Waals surface area contributed by atoms with E-state index in [2.05, 4.69) is 5.32 Å². The molecule has 0 aliphatic heterocycles. The van der Waals surface area contributed by atoms with Crippen LogP contribution < -0.4 is 9.62 Å². The first-order chi connectivity index (χ1) is 18.7. The quantitative estimate of drug-likeness (QED) is 0.251. The molecule has 1 N–H and O–H groups in total. The standard InChI is InChI=1S/C29H33Cl2N3O4S/c1-3-5-19-32-29(36)26(4-2)33(20-22-13-9-10-16-24(22)30)28(35)21-34(27-18-12-11-17-25(27)31)39(37,38)23-14-7-6-8-15-23/h6-18,26H,3-5,19-21H2,1-2H3,(H,32,36)/t26-/m1/s1. The summed E-state index contributed by atoms with van der Waals surface area (Å²) in [5, 5.41) is 3.52. The van der Waals surface area contributed by atoms with Crippen LogP contribution in [0.15, 0.2) is 83.8 Å². The van der Waals surface area contributed by atoms with Gasteiger partial charge in [-0.1, -0.05) is 92.0 Å². The van der Waals surface area contributed by atoms with Gasteiger partial charge < -0.3 is 10.2 Å². The van der Waals surface area contributed by atoms with Crippen molar-refractivity contribution in [2.75, 3.05) is 17.4 Å². The number of para-hydroxylation sites is 1. The fourth-order valence-electron chi connectivity index (χ4n) is 4.12. The molecule has 0 unspecified atom stereocenters. The van der Waals surface area contributed by atoms with Crippen LogP contribution in [0.1, 0.15) is 38.7 Å². The number of nitrogens with zero attached hydrogens (tertiary/aromatic N) is 2. The number of carbonyl (C=O) groups is 2. The number of anilines is 1. The van der Waals surface area contributed by atoms with Crippen LogP contribution in [-0.2, 0) is 26.2 Å². The van der Waals surface area contributed by atoms with Gasteiger partial charge in [0.25, 0.3) is 10.0 Å². The predicted octanol–water partition coefficient (Wildman–Crippen LogP) is 5.91. The molecule has 3 rings (SSSR count). The fourth-order valence-corrected chi connectivity index (χ4v) is 6.06. The Morgan fingerprint density at radius 1 is 0.872 bits per heavy atom. The van der Waals surface area contributed by atoms with Gasteiger partial charge in [-0.3, -0.25) is 13.9 Å². The SMILES string of the molecule is CCCCNC(=O)[C@@H](CC)N(Cc1ccccc1Cl)C(=O)CN(c1ccccc1Cl)S(=O)(=O)c1ccccc1. The molecule has 0 bridgehead atoms. The highest BCUT2D eigenvalue weighted by Crippen LogP contribution is 2.31. The van der Waals surface area contributed by atoms with Crippen molar-refractivity contribution in [3.8, 4) is 0 Å². The van der Waals surface area contributed by atoms with Crippen LogP contribution in [0, 0.1) is 0 Å². The summed E-state index contributed by atoms with van der Waals surface area (Å²) >= 11 is 12.8. The highest BCUT2D eigenvalue weighted by Gasteiger charge is 2.34. The van der Waals surface area contributed by atoms with Gasteiger partial charge in [0.2, 0.25) is 11.8 Å². The van der Waals surface area contributed by atoms with Crippen LogP contribution in [0.4, 0.5) is 5.69 Å². The zero-order valence-corrected chi connectivity index (χ0v) is 24.3. The number of hydrogen-bond acceptors (Lipinski definition) is 4. The van der Waals surface area contributed by atoms with E-state index < -0.39 is 28.5 Å². The Morgan fingerprint density at radius 3 is 2.10 bits per heavy atom. The van der Waals surface area contributed by atoms with E-state index in [1.165, 1.54) is 17.0 Å². The Balaban J connectivity index is 2.04. The number of unbranched alkanes of at least 4 members (excludes halogenated alkanes) is 1. The Bertz CT molecular complexity index is 1370. The first-order valence-electron chi connectivity index (χ1n) is 12.8. The minimum Gasteiger partial charge on any atom is -0.354 e. The number of sulfonamides is 1. The van der Waals surface area contributed by atoms with Crippen molar-refractivity contribution >= 4 is 50.7 Å². The van der Waals surface area contributed by atoms with Gasteiger partial charge in [-0.15, -0.1) is 0 Å². The molecule has 39 heavy (non-hydrogen) atoms. The zero-order valence-electron chi connectivity index (χ0n) is 22.0. The Labute approximate surface area is 240 Å². The van der Waals surface area contributed by atoms with Gasteiger partial charge in [-0.25, -0.2) is 8.42 Å². The lowest BCUT2D eigenvalue weighted by Gasteiger charge is -2.33. The number of halogens is 2. The Kier molecular flexibility index (Phi) is 11.2. The second kappa shape index (κ2) is 14.4. The summed E-state index contributed by atoms with van der Waals surface area (Å²) in [6, 6.07) is 20.5. The molecule has 0 aliphatic rings. The van der Waals surface area contributed by atoms with Crippen molar-refractivity contribution in [3.05, 3.63) is 94.5 Å². The molecule has 0 spiro atoms. The first kappa shape index (κ1) is 30.5. The molecule has 0 aliphatic carbocycles. The highest BCUT2D eigenvalue weighted by atomic mass is 35.5. The molecule has 0 fully saturated rings. The molecule has 0 aromatic heterocycles. The van der Waals surface area contributed by atoms with E-state index in [1.807, 2.05) is 13.8 Å². The molecule has 208 valence electrons. The van der Waals surface area contributed by atoms with Crippen molar-refractivity contribution in [1.82, 2.24) is 10.2 Å². The molecule has 3 aromatic rings. The minimum absolute atomic E-state index is 0.0136. The highest BCUT2D eigenvalue weighted by molar-refractivity contribution is 7.92. The van der Waals surface area contributed by atoms with Crippen molar-refractivity contribution in [2.45, 2.75) is 50.6 Å². The molecule has 0 saturated heterocycles. The van der Waals surface area contributed by atoms with Crippen LogP contribution >= 0.6 is 23.2 Å². The molecule has 0 saturated carbocycles. The molecule has 0 heterocycles. The van der Waals surface area contributed by atoms with Gasteiger partial charge in [0.1, 0.15) is 12.6 Å². The van der Waals surface area contributed by atoms with Gasteiger partial charge in [-0.2, -0.15) is 0 Å². The zero-order chi connectivity index (χ0) is 28.4. The van der Waals surface area contributed by atoms with Crippen molar-refractivity contribution in [2.24, 2.45) is 0 Å². The van der Waals surface area contributed by atoms with Gasteiger partial charge >= 0.3 is 0 Å². The van der Waals surface area contributed by atoms with E-state index in [1.54, 1.807) is 66.7 Å². The lowest BCUT2D eigenvalue weighted by atomic mass is 10.1. The maximum absolute atomic E-state index is 14.0. The van der Waals surface area contributed by atoms with Gasteiger partial charge in [0.05, 0.1) is 15.6 Å². The number of hydrogen-bond donors (Lipinski definition) is 1. The third-order valence-corrected chi connectivity index (χ3v) is 8.71. The average molecular weight is 591 g/mol. The molecule has 3 aromatic carbocycles. The summed E-state index contributed by atoms with van der Waals surface area (Å²) in [5.41, 5.74) is 0.803. The van der Waals surface area contributed by atoms with Crippen molar-refractivity contribution in [1.29, 1.82) is 0 Å².